The van der Waals surface area contributed by atoms with Crippen LogP contribution in [0.25, 0.3) is 11.1 Å². The van der Waals surface area contributed by atoms with Gasteiger partial charge >= 0.3 is 5.97 Å². The van der Waals surface area contributed by atoms with Crippen molar-refractivity contribution in [1.82, 2.24) is 0 Å². The highest BCUT2D eigenvalue weighted by Crippen LogP contribution is 2.46. The molecule has 1 fully saturated rings. The molecule has 134 valence electrons. The Hall–Kier alpha value is -2.82. The number of hydrogen-bond donors (Lipinski definition) is 0. The molecular formula is C21H20O5. The van der Waals surface area contributed by atoms with Crippen molar-refractivity contribution in [2.45, 2.75) is 25.7 Å². The molecule has 0 aliphatic heterocycles. The second-order valence-corrected chi connectivity index (χ2v) is 6.67. The average molecular weight is 352 g/mol. The van der Waals surface area contributed by atoms with Gasteiger partial charge in [-0.1, -0.05) is 18.2 Å². The van der Waals surface area contributed by atoms with Crippen LogP contribution in [-0.4, -0.2) is 26.0 Å². The van der Waals surface area contributed by atoms with Crippen molar-refractivity contribution < 1.29 is 23.8 Å². The lowest BCUT2D eigenvalue weighted by molar-refractivity contribution is -0.135. The monoisotopic (exact) mass is 352 g/mol. The zero-order valence-electron chi connectivity index (χ0n) is 14.8. The second-order valence-electron chi connectivity index (χ2n) is 6.67. The molecule has 0 saturated heterocycles. The van der Waals surface area contributed by atoms with Gasteiger partial charge in [0.2, 0.25) is 5.75 Å². The quantitative estimate of drug-likeness (QED) is 0.605. The smallest absolute Gasteiger partial charge is 0.314 e. The molecule has 1 saturated carbocycles. The van der Waals surface area contributed by atoms with Crippen LogP contribution in [0.5, 0.6) is 17.2 Å². The third kappa shape index (κ3) is 2.83. The highest BCUT2D eigenvalue weighted by molar-refractivity contribution is 6.01. The molecule has 0 atom stereocenters. The lowest BCUT2D eigenvalue weighted by atomic mass is 9.99. The first-order chi connectivity index (χ1) is 12.6. The van der Waals surface area contributed by atoms with E-state index in [1.165, 1.54) is 7.11 Å². The molecule has 0 amide bonds. The Labute approximate surface area is 151 Å². The predicted octanol–water partition coefficient (Wildman–Crippen LogP) is 3.82. The minimum atomic E-state index is -0.242. The van der Waals surface area contributed by atoms with E-state index < -0.39 is 0 Å². The average Bonchev–Trinajstić information content (AvgIpc) is 3.45. The first kappa shape index (κ1) is 16.6. The maximum absolute atomic E-state index is 12.3. The molecule has 26 heavy (non-hydrogen) atoms. The topological polar surface area (TPSA) is 61.8 Å². The summed E-state index contributed by atoms with van der Waals surface area (Å²) in [5.41, 5.74) is 3.45. The van der Waals surface area contributed by atoms with Crippen LogP contribution in [0.3, 0.4) is 0 Å². The Balaban J connectivity index is 1.82. The van der Waals surface area contributed by atoms with Crippen LogP contribution in [0.4, 0.5) is 0 Å². The van der Waals surface area contributed by atoms with Gasteiger partial charge in [-0.25, -0.2) is 0 Å². The SMILES string of the molecule is COc1ccc(-c2ccc3c(c2)CCC3=O)c(OC(=O)C2CC2)c1OC. The third-order valence-corrected chi connectivity index (χ3v) is 4.95. The van der Waals surface area contributed by atoms with Crippen molar-refractivity contribution in [3.8, 4) is 28.4 Å². The summed E-state index contributed by atoms with van der Waals surface area (Å²) in [5.74, 6) is 1.18. The molecule has 0 aromatic heterocycles. The van der Waals surface area contributed by atoms with Crippen LogP contribution in [0, 0.1) is 5.92 Å². The van der Waals surface area contributed by atoms with Crippen LogP contribution in [0.1, 0.15) is 35.2 Å². The number of ketones is 1. The molecule has 2 aromatic carbocycles. The van der Waals surface area contributed by atoms with E-state index in [1.54, 1.807) is 13.2 Å². The Kier molecular flexibility index (Phi) is 4.15. The molecule has 0 radical (unpaired) electrons. The molecule has 0 spiro atoms. The van der Waals surface area contributed by atoms with Gasteiger partial charge in [-0.2, -0.15) is 0 Å². The fourth-order valence-corrected chi connectivity index (χ4v) is 3.35. The summed E-state index contributed by atoms with van der Waals surface area (Å²) in [5, 5.41) is 0. The molecule has 5 nitrogen and oxygen atoms in total. The lowest BCUT2D eigenvalue weighted by Crippen LogP contribution is -2.11. The number of rotatable bonds is 5. The highest BCUT2D eigenvalue weighted by Gasteiger charge is 2.33. The number of carbonyl (C=O) groups excluding carboxylic acids is 2. The van der Waals surface area contributed by atoms with E-state index in [0.717, 1.165) is 41.5 Å². The molecule has 2 aliphatic carbocycles. The Bertz CT molecular complexity index is 896. The standard InChI is InChI=1S/C21H20O5/c1-24-18-10-8-16(14-5-7-15-13(11-14)6-9-17(15)22)19(20(18)25-2)26-21(23)12-3-4-12/h5,7-8,10-12H,3-4,6,9H2,1-2H3. The van der Waals surface area contributed by atoms with Gasteiger partial charge in [-0.05, 0) is 42.5 Å². The van der Waals surface area contributed by atoms with Gasteiger partial charge in [0.15, 0.2) is 17.3 Å². The number of esters is 1. The fourth-order valence-electron chi connectivity index (χ4n) is 3.35. The van der Waals surface area contributed by atoms with E-state index in [1.807, 2.05) is 24.3 Å². The van der Waals surface area contributed by atoms with E-state index >= 15 is 0 Å². The zero-order valence-corrected chi connectivity index (χ0v) is 14.8. The van der Waals surface area contributed by atoms with Crippen molar-refractivity contribution >= 4 is 11.8 Å². The summed E-state index contributed by atoms with van der Waals surface area (Å²) < 4.78 is 16.6. The number of benzene rings is 2. The maximum atomic E-state index is 12.3. The van der Waals surface area contributed by atoms with Gasteiger partial charge < -0.3 is 14.2 Å². The maximum Gasteiger partial charge on any atom is 0.314 e. The lowest BCUT2D eigenvalue weighted by Gasteiger charge is -2.17. The van der Waals surface area contributed by atoms with Gasteiger partial charge in [0.1, 0.15) is 0 Å². The predicted molar refractivity (Wildman–Crippen MR) is 96.0 cm³/mol. The molecular weight excluding hydrogens is 332 g/mol. The summed E-state index contributed by atoms with van der Waals surface area (Å²) in [7, 11) is 3.07. The fraction of sp³-hybridized carbons (Fsp3) is 0.333. The molecule has 2 aliphatic rings. The molecule has 2 aromatic rings. The molecule has 0 unspecified atom stereocenters. The Morgan fingerprint density at radius 1 is 0.962 bits per heavy atom. The summed E-state index contributed by atoms with van der Waals surface area (Å²) in [6, 6.07) is 9.38. The second kappa shape index (κ2) is 6.48. The van der Waals surface area contributed by atoms with E-state index in [-0.39, 0.29) is 17.7 Å². The van der Waals surface area contributed by atoms with Gasteiger partial charge in [0.05, 0.1) is 20.1 Å². The van der Waals surface area contributed by atoms with Crippen LogP contribution < -0.4 is 14.2 Å². The Morgan fingerprint density at radius 3 is 2.42 bits per heavy atom. The molecule has 0 heterocycles. The van der Waals surface area contributed by atoms with Gasteiger partial charge in [-0.15, -0.1) is 0 Å². The van der Waals surface area contributed by atoms with Crippen LogP contribution in [-0.2, 0) is 11.2 Å². The van der Waals surface area contributed by atoms with Gasteiger partial charge in [0.25, 0.3) is 0 Å². The number of carbonyl (C=O) groups is 2. The summed E-state index contributed by atoms with van der Waals surface area (Å²) in [6.07, 6.45) is 3.02. The molecule has 0 N–H and O–H groups in total. The minimum Gasteiger partial charge on any atom is -0.493 e. The largest absolute Gasteiger partial charge is 0.493 e. The van der Waals surface area contributed by atoms with E-state index in [0.29, 0.717) is 23.7 Å². The van der Waals surface area contributed by atoms with Crippen LogP contribution in [0.15, 0.2) is 30.3 Å². The van der Waals surface area contributed by atoms with E-state index in [2.05, 4.69) is 0 Å². The number of fused-ring (bicyclic) bond motifs is 1. The zero-order chi connectivity index (χ0) is 18.3. The number of methoxy groups -OCH3 is 2. The first-order valence-corrected chi connectivity index (χ1v) is 8.75. The molecule has 5 heteroatoms. The minimum absolute atomic E-state index is 0.0311. The van der Waals surface area contributed by atoms with Gasteiger partial charge in [-0.3, -0.25) is 9.59 Å². The van der Waals surface area contributed by atoms with Crippen molar-refractivity contribution in [3.05, 3.63) is 41.5 Å². The number of ether oxygens (including phenoxy) is 3. The van der Waals surface area contributed by atoms with Crippen molar-refractivity contribution in [3.63, 3.8) is 0 Å². The summed E-state index contributed by atoms with van der Waals surface area (Å²) >= 11 is 0. The van der Waals surface area contributed by atoms with Crippen molar-refractivity contribution in [2.24, 2.45) is 5.92 Å². The normalized spacial score (nSPS) is 15.5. The Morgan fingerprint density at radius 2 is 1.73 bits per heavy atom. The van der Waals surface area contributed by atoms with Crippen LogP contribution >= 0.6 is 0 Å². The van der Waals surface area contributed by atoms with E-state index in [4.69, 9.17) is 14.2 Å². The summed E-state index contributed by atoms with van der Waals surface area (Å²) in [6.45, 7) is 0. The van der Waals surface area contributed by atoms with Crippen molar-refractivity contribution in [2.75, 3.05) is 14.2 Å². The third-order valence-electron chi connectivity index (χ3n) is 4.95. The first-order valence-electron chi connectivity index (χ1n) is 8.75. The number of Topliss-reactive ketones (excluding diaryl/α,β-unsaturated/α-hetero) is 1. The van der Waals surface area contributed by atoms with Crippen LogP contribution in [0.2, 0.25) is 0 Å². The van der Waals surface area contributed by atoms with Crippen molar-refractivity contribution in [1.29, 1.82) is 0 Å². The summed E-state index contributed by atoms with van der Waals surface area (Å²) in [4.78, 5) is 24.2. The molecule has 4 rings (SSSR count). The molecule has 0 bridgehead atoms. The number of hydrogen-bond acceptors (Lipinski definition) is 5. The van der Waals surface area contributed by atoms with E-state index in [9.17, 15) is 9.59 Å². The number of aryl methyl sites for hydroxylation is 1. The van der Waals surface area contributed by atoms with Gasteiger partial charge in [0, 0.05) is 17.5 Å². The highest BCUT2D eigenvalue weighted by atomic mass is 16.6.